The molecule has 1 aromatic heterocycles. The molecule has 0 unspecified atom stereocenters. The van der Waals surface area contributed by atoms with Crippen LogP contribution in [0.4, 0.5) is 13.2 Å². The summed E-state index contributed by atoms with van der Waals surface area (Å²) in [4.78, 5) is 5.41. The zero-order valence-electron chi connectivity index (χ0n) is 6.54. The molecule has 0 saturated heterocycles. The Kier molecular flexibility index (Phi) is 2.79. The minimum atomic E-state index is -4.48. The molecule has 0 fully saturated rings. The first kappa shape index (κ1) is 11.0. The van der Waals surface area contributed by atoms with Gasteiger partial charge in [-0.15, -0.1) is 0 Å². The molecule has 9 heteroatoms. The smallest absolute Gasteiger partial charge is 0.254 e. The molecule has 0 amide bonds. The maximum atomic E-state index is 12.6. The Morgan fingerprint density at radius 2 is 1.64 bits per heavy atom. The fraction of sp³-hybridized carbons (Fsp3) is 0.200. The van der Waals surface area contributed by atoms with E-state index in [0.29, 0.717) is 0 Å². The summed E-state index contributed by atoms with van der Waals surface area (Å²) in [6.07, 6.45) is 0. The molecule has 0 N–H and O–H groups in total. The van der Waals surface area contributed by atoms with Crippen LogP contribution in [0, 0.1) is 11.9 Å². The predicted octanol–water partition coefficient (Wildman–Crippen LogP) is -0.751. The molecule has 4 nitrogen and oxygen atoms in total. The molecule has 3 radical (unpaired) electrons. The van der Waals surface area contributed by atoms with E-state index in [0.717, 1.165) is 0 Å². The minimum absolute atomic E-state index is 1.01. The van der Waals surface area contributed by atoms with Crippen molar-refractivity contribution in [2.75, 3.05) is 6.01 Å². The van der Waals surface area contributed by atoms with E-state index >= 15 is 0 Å². The minimum Gasteiger partial charge on any atom is -0.568 e. The molecule has 0 atom stereocenters. The average molecular weight is 222 g/mol. The lowest BCUT2D eigenvalue weighted by Crippen LogP contribution is -2.22. The van der Waals surface area contributed by atoms with Crippen molar-refractivity contribution in [2.45, 2.75) is 5.16 Å². The van der Waals surface area contributed by atoms with Crippen LogP contribution in [0.25, 0.3) is 0 Å². The summed E-state index contributed by atoms with van der Waals surface area (Å²) < 4.78 is 58.6. The maximum absolute atomic E-state index is 12.6. The number of alkyl halides is 1. The van der Waals surface area contributed by atoms with Crippen LogP contribution < -0.4 is 5.46 Å². The molecule has 0 saturated carbocycles. The fourth-order valence-electron chi connectivity index (χ4n) is 0.586. The van der Waals surface area contributed by atoms with Crippen LogP contribution in [-0.4, -0.2) is 32.2 Å². The SMILES string of the molecule is [B-]c1c(F)nc(S(=O)(=O)CF)nc1F. The van der Waals surface area contributed by atoms with Crippen molar-refractivity contribution in [3.8, 4) is 0 Å². The summed E-state index contributed by atoms with van der Waals surface area (Å²) in [6, 6.07) is -1.84. The predicted molar refractivity (Wildman–Crippen MR) is 40.5 cm³/mol. The first-order valence-corrected chi connectivity index (χ1v) is 4.81. The lowest BCUT2D eigenvalue weighted by molar-refractivity contribution is 0.492. The van der Waals surface area contributed by atoms with Gasteiger partial charge in [-0.3, -0.25) is 0 Å². The van der Waals surface area contributed by atoms with E-state index in [-0.39, 0.29) is 0 Å². The van der Waals surface area contributed by atoms with E-state index in [4.69, 9.17) is 7.85 Å². The number of nitrogens with zero attached hydrogens (tertiary/aromatic N) is 2. The molecule has 1 aromatic rings. The Balaban J connectivity index is 3.41. The van der Waals surface area contributed by atoms with Crippen LogP contribution in [0.3, 0.4) is 0 Å². The van der Waals surface area contributed by atoms with Crippen molar-refractivity contribution in [3.05, 3.63) is 11.9 Å². The number of rotatable bonds is 2. The van der Waals surface area contributed by atoms with Crippen molar-refractivity contribution in [1.82, 2.24) is 9.97 Å². The molecular formula is C5H2BF3N2O2S-. The van der Waals surface area contributed by atoms with Crippen LogP contribution in [0.5, 0.6) is 0 Å². The molecule has 0 aromatic carbocycles. The van der Waals surface area contributed by atoms with E-state index in [1.165, 1.54) is 0 Å². The van der Waals surface area contributed by atoms with Crippen molar-refractivity contribution in [1.29, 1.82) is 0 Å². The lowest BCUT2D eigenvalue weighted by atomic mass is 10.00. The van der Waals surface area contributed by atoms with Crippen molar-refractivity contribution < 1.29 is 21.6 Å². The molecular weight excluding hydrogens is 220 g/mol. The van der Waals surface area contributed by atoms with Crippen LogP contribution in [0.2, 0.25) is 0 Å². The maximum Gasteiger partial charge on any atom is 0.254 e. The summed E-state index contributed by atoms with van der Waals surface area (Å²) in [6.45, 7) is 0. The summed E-state index contributed by atoms with van der Waals surface area (Å²) in [5, 5.41) is -1.26. The second-order valence-electron chi connectivity index (χ2n) is 2.23. The topological polar surface area (TPSA) is 59.9 Å². The number of aromatic nitrogens is 2. The van der Waals surface area contributed by atoms with Crippen LogP contribution in [0.1, 0.15) is 0 Å². The van der Waals surface area contributed by atoms with E-state index in [2.05, 4.69) is 9.97 Å². The zero-order chi connectivity index (χ0) is 10.9. The van der Waals surface area contributed by atoms with Gasteiger partial charge in [-0.1, -0.05) is 0 Å². The molecule has 1 heterocycles. The fourth-order valence-corrected chi connectivity index (χ4v) is 1.12. The first-order chi connectivity index (χ1) is 6.38. The average Bonchev–Trinajstić information content (AvgIpc) is 2.13. The quantitative estimate of drug-likeness (QED) is 0.375. The monoisotopic (exact) mass is 222 g/mol. The molecule has 0 spiro atoms. The summed E-state index contributed by atoms with van der Waals surface area (Å²) >= 11 is 0. The van der Waals surface area contributed by atoms with E-state index in [1.807, 2.05) is 0 Å². The van der Waals surface area contributed by atoms with E-state index in [1.54, 1.807) is 0 Å². The highest BCUT2D eigenvalue weighted by molar-refractivity contribution is 7.91. The number of halogens is 3. The van der Waals surface area contributed by atoms with Gasteiger partial charge in [0.1, 0.15) is 0 Å². The Labute approximate surface area is 78.5 Å². The number of sulfone groups is 1. The Morgan fingerprint density at radius 1 is 1.21 bits per heavy atom. The van der Waals surface area contributed by atoms with Gasteiger partial charge >= 0.3 is 0 Å². The van der Waals surface area contributed by atoms with Crippen LogP contribution >= 0.6 is 0 Å². The van der Waals surface area contributed by atoms with Gasteiger partial charge in [0, 0.05) is 0 Å². The highest BCUT2D eigenvalue weighted by Gasteiger charge is 2.19. The zero-order valence-corrected chi connectivity index (χ0v) is 7.35. The molecule has 0 aliphatic carbocycles. The van der Waals surface area contributed by atoms with Gasteiger partial charge in [-0.05, 0) is 0 Å². The number of hydrogen-bond donors (Lipinski definition) is 0. The summed E-state index contributed by atoms with van der Waals surface area (Å²) in [5.74, 6) is -3.07. The van der Waals surface area contributed by atoms with Gasteiger partial charge in [-0.25, -0.2) is 18.3 Å². The molecule has 75 valence electrons. The molecule has 14 heavy (non-hydrogen) atoms. The van der Waals surface area contributed by atoms with Gasteiger partial charge in [0.25, 0.3) is 5.16 Å². The Bertz CT molecular complexity index is 441. The van der Waals surface area contributed by atoms with Crippen LogP contribution in [-0.2, 0) is 9.84 Å². The third-order valence-corrected chi connectivity index (χ3v) is 2.28. The van der Waals surface area contributed by atoms with Crippen LogP contribution in [0.15, 0.2) is 5.16 Å². The van der Waals surface area contributed by atoms with Gasteiger partial charge in [0.15, 0.2) is 17.9 Å². The highest BCUT2D eigenvalue weighted by atomic mass is 32.2. The molecule has 0 aliphatic rings. The van der Waals surface area contributed by atoms with E-state index < -0.39 is 38.4 Å². The van der Waals surface area contributed by atoms with Crippen molar-refractivity contribution in [3.63, 3.8) is 0 Å². The van der Waals surface area contributed by atoms with Gasteiger partial charge in [-0.2, -0.15) is 18.7 Å². The molecule has 1 rings (SSSR count). The highest BCUT2D eigenvalue weighted by Crippen LogP contribution is 2.05. The van der Waals surface area contributed by atoms with Gasteiger partial charge in [0.05, 0.1) is 0 Å². The van der Waals surface area contributed by atoms with Gasteiger partial charge < -0.3 is 7.85 Å². The summed E-state index contributed by atoms with van der Waals surface area (Å²) in [5.41, 5.74) is -1.01. The second-order valence-corrected chi connectivity index (χ2v) is 4.04. The lowest BCUT2D eigenvalue weighted by Gasteiger charge is -2.09. The third-order valence-electron chi connectivity index (χ3n) is 1.25. The van der Waals surface area contributed by atoms with Crippen molar-refractivity contribution >= 4 is 23.1 Å². The standard InChI is InChI=1S/C5H2BF3N2O2S/c6-2-3(8)10-5(11-4(2)9)14(12,13)1-7/h1H2/q-1. The largest absolute Gasteiger partial charge is 0.568 e. The Hall–Kier alpha value is -1.12. The first-order valence-electron chi connectivity index (χ1n) is 3.15. The second kappa shape index (κ2) is 3.56. The van der Waals surface area contributed by atoms with Gasteiger partial charge in [0.2, 0.25) is 9.84 Å². The normalized spacial score (nSPS) is 11.7. The van der Waals surface area contributed by atoms with Crippen molar-refractivity contribution in [2.24, 2.45) is 0 Å². The van der Waals surface area contributed by atoms with E-state index in [9.17, 15) is 21.6 Å². The molecule has 0 aliphatic heterocycles. The number of hydrogen-bond acceptors (Lipinski definition) is 4. The third kappa shape index (κ3) is 1.86. The summed E-state index contributed by atoms with van der Waals surface area (Å²) in [7, 11) is 0.288. The molecule has 0 bridgehead atoms. The Morgan fingerprint density at radius 3 is 2.00 bits per heavy atom.